The van der Waals surface area contributed by atoms with Crippen LogP contribution in [0.25, 0.3) is 11.1 Å². The van der Waals surface area contributed by atoms with Crippen molar-refractivity contribution in [3.05, 3.63) is 58.0 Å². The van der Waals surface area contributed by atoms with Crippen molar-refractivity contribution in [2.24, 2.45) is 5.92 Å². The summed E-state index contributed by atoms with van der Waals surface area (Å²) in [6, 6.07) is 7.66. The van der Waals surface area contributed by atoms with Crippen LogP contribution in [0.2, 0.25) is 0 Å². The fraction of sp³-hybridized carbons (Fsp3) is 0.421. The summed E-state index contributed by atoms with van der Waals surface area (Å²) < 4.78 is 7.29. The van der Waals surface area contributed by atoms with E-state index in [4.69, 9.17) is 4.74 Å². The van der Waals surface area contributed by atoms with Crippen LogP contribution in [0.1, 0.15) is 30.3 Å². The Hall–Kier alpha value is -1.95. The molecule has 0 spiro atoms. The van der Waals surface area contributed by atoms with E-state index in [0.717, 1.165) is 43.7 Å². The lowest BCUT2D eigenvalue weighted by Crippen LogP contribution is -2.23. The number of benzene rings is 1. The molecule has 1 aromatic heterocycles. The molecule has 3 rings (SSSR count). The third-order valence-corrected chi connectivity index (χ3v) is 4.56. The quantitative estimate of drug-likeness (QED) is 0.844. The lowest BCUT2D eigenvalue weighted by molar-refractivity contribution is -0.0437. The maximum absolute atomic E-state index is 12.6. The molecule has 2 aromatic rings. The standard InChI is InChI=1S/C19H23NO4/c1-13-2-4-15(5-3-13)16-11-20(10-14-6-8-24-9-7-14)12-17(18(16)21)19(22)23/h2-5,11-12,14,19,22-23H,6-10H2,1H3. The molecule has 0 amide bonds. The molecule has 1 aliphatic heterocycles. The number of aliphatic hydroxyl groups excluding tert-OH is 1. The monoisotopic (exact) mass is 329 g/mol. The van der Waals surface area contributed by atoms with Crippen LogP contribution >= 0.6 is 0 Å². The van der Waals surface area contributed by atoms with Crippen LogP contribution in [0.5, 0.6) is 0 Å². The Balaban J connectivity index is 2.00. The maximum atomic E-state index is 12.6. The largest absolute Gasteiger partial charge is 0.381 e. The molecule has 5 nitrogen and oxygen atoms in total. The van der Waals surface area contributed by atoms with Crippen molar-refractivity contribution in [3.8, 4) is 11.1 Å². The predicted octanol–water partition coefficient (Wildman–Crippen LogP) is 2.23. The molecule has 1 saturated heterocycles. The molecule has 1 aromatic carbocycles. The molecule has 2 N–H and O–H groups in total. The van der Waals surface area contributed by atoms with Gasteiger partial charge in [-0.05, 0) is 31.2 Å². The first kappa shape index (κ1) is 16.9. The first-order chi connectivity index (χ1) is 11.5. The lowest BCUT2D eigenvalue weighted by atomic mass is 9.99. The molecule has 1 aliphatic rings. The van der Waals surface area contributed by atoms with Gasteiger partial charge in [0.05, 0.1) is 5.56 Å². The minimum Gasteiger partial charge on any atom is -0.381 e. The zero-order valence-corrected chi connectivity index (χ0v) is 13.8. The second-order valence-corrected chi connectivity index (χ2v) is 6.45. The first-order valence-electron chi connectivity index (χ1n) is 8.29. The Kier molecular flexibility index (Phi) is 5.14. The van der Waals surface area contributed by atoms with E-state index in [-0.39, 0.29) is 11.0 Å². The molecule has 2 heterocycles. The van der Waals surface area contributed by atoms with Crippen LogP contribution in [-0.4, -0.2) is 28.0 Å². The normalized spacial score (nSPS) is 15.8. The van der Waals surface area contributed by atoms with E-state index < -0.39 is 6.29 Å². The van der Waals surface area contributed by atoms with Gasteiger partial charge in [0.2, 0.25) is 0 Å². The number of aromatic nitrogens is 1. The van der Waals surface area contributed by atoms with E-state index in [9.17, 15) is 15.0 Å². The van der Waals surface area contributed by atoms with Crippen molar-refractivity contribution < 1.29 is 14.9 Å². The van der Waals surface area contributed by atoms with Crippen LogP contribution in [0, 0.1) is 12.8 Å². The van der Waals surface area contributed by atoms with Gasteiger partial charge in [0.1, 0.15) is 0 Å². The summed E-state index contributed by atoms with van der Waals surface area (Å²) in [5.41, 5.74) is 2.07. The number of pyridine rings is 1. The van der Waals surface area contributed by atoms with Crippen molar-refractivity contribution in [1.82, 2.24) is 4.57 Å². The smallest absolute Gasteiger partial charge is 0.197 e. The van der Waals surface area contributed by atoms with Gasteiger partial charge in [-0.1, -0.05) is 29.8 Å². The number of ether oxygens (including phenoxy) is 1. The summed E-state index contributed by atoms with van der Waals surface area (Å²) in [6.07, 6.45) is 3.55. The minimum atomic E-state index is -1.77. The minimum absolute atomic E-state index is 0.0140. The van der Waals surface area contributed by atoms with Gasteiger partial charge in [-0.25, -0.2) is 0 Å². The van der Waals surface area contributed by atoms with E-state index in [2.05, 4.69) is 0 Å². The molecule has 24 heavy (non-hydrogen) atoms. The average Bonchev–Trinajstić information content (AvgIpc) is 2.58. The molecule has 0 radical (unpaired) electrons. The molecule has 0 atom stereocenters. The number of hydrogen-bond donors (Lipinski definition) is 2. The van der Waals surface area contributed by atoms with Crippen LogP contribution < -0.4 is 5.43 Å². The van der Waals surface area contributed by atoms with Crippen LogP contribution in [0.15, 0.2) is 41.5 Å². The summed E-state index contributed by atoms with van der Waals surface area (Å²) in [5.74, 6) is 0.468. The third-order valence-electron chi connectivity index (χ3n) is 4.56. The highest BCUT2D eigenvalue weighted by atomic mass is 16.5. The number of hydrogen-bond acceptors (Lipinski definition) is 4. The first-order valence-corrected chi connectivity index (χ1v) is 8.29. The lowest BCUT2D eigenvalue weighted by Gasteiger charge is -2.24. The number of aryl methyl sites for hydroxylation is 1. The number of nitrogens with zero attached hydrogens (tertiary/aromatic N) is 1. The maximum Gasteiger partial charge on any atom is 0.197 e. The van der Waals surface area contributed by atoms with Crippen LogP contribution in [0.3, 0.4) is 0 Å². The fourth-order valence-corrected chi connectivity index (χ4v) is 3.11. The average molecular weight is 329 g/mol. The highest BCUT2D eigenvalue weighted by Gasteiger charge is 2.18. The Morgan fingerprint density at radius 1 is 1.17 bits per heavy atom. The van der Waals surface area contributed by atoms with E-state index in [1.807, 2.05) is 42.0 Å². The van der Waals surface area contributed by atoms with E-state index in [1.165, 1.54) is 0 Å². The summed E-state index contributed by atoms with van der Waals surface area (Å²) in [7, 11) is 0. The zero-order chi connectivity index (χ0) is 17.1. The molecule has 1 fully saturated rings. The molecular weight excluding hydrogens is 306 g/mol. The number of rotatable bonds is 4. The van der Waals surface area contributed by atoms with E-state index >= 15 is 0 Å². The number of aliphatic hydroxyl groups is 2. The molecule has 0 saturated carbocycles. The van der Waals surface area contributed by atoms with Crippen LogP contribution in [-0.2, 0) is 11.3 Å². The van der Waals surface area contributed by atoms with Crippen molar-refractivity contribution in [1.29, 1.82) is 0 Å². The fourth-order valence-electron chi connectivity index (χ4n) is 3.11. The van der Waals surface area contributed by atoms with Gasteiger partial charge < -0.3 is 19.5 Å². The van der Waals surface area contributed by atoms with Crippen LogP contribution in [0.4, 0.5) is 0 Å². The zero-order valence-electron chi connectivity index (χ0n) is 13.8. The van der Waals surface area contributed by atoms with Crippen molar-refractivity contribution in [2.45, 2.75) is 32.6 Å². The summed E-state index contributed by atoms with van der Waals surface area (Å²) in [6.45, 7) is 4.24. The predicted molar refractivity (Wildman–Crippen MR) is 91.6 cm³/mol. The Bertz CT molecular complexity index is 743. The topological polar surface area (TPSA) is 71.7 Å². The highest BCUT2D eigenvalue weighted by molar-refractivity contribution is 5.63. The Labute approximate surface area is 141 Å². The van der Waals surface area contributed by atoms with Gasteiger partial charge in [0, 0.05) is 37.7 Å². The van der Waals surface area contributed by atoms with Gasteiger partial charge in [-0.15, -0.1) is 0 Å². The van der Waals surface area contributed by atoms with Gasteiger partial charge >= 0.3 is 0 Å². The molecule has 0 aliphatic carbocycles. The van der Waals surface area contributed by atoms with E-state index in [0.29, 0.717) is 11.5 Å². The molecule has 5 heteroatoms. The van der Waals surface area contributed by atoms with Crippen molar-refractivity contribution in [3.63, 3.8) is 0 Å². The van der Waals surface area contributed by atoms with Gasteiger partial charge in [-0.3, -0.25) is 4.79 Å². The van der Waals surface area contributed by atoms with Gasteiger partial charge in [0.15, 0.2) is 11.7 Å². The Morgan fingerprint density at radius 3 is 2.46 bits per heavy atom. The highest BCUT2D eigenvalue weighted by Crippen LogP contribution is 2.21. The van der Waals surface area contributed by atoms with E-state index in [1.54, 1.807) is 6.20 Å². The summed E-state index contributed by atoms with van der Waals surface area (Å²) in [4.78, 5) is 12.6. The summed E-state index contributed by atoms with van der Waals surface area (Å²) >= 11 is 0. The van der Waals surface area contributed by atoms with Gasteiger partial charge in [0.25, 0.3) is 0 Å². The second-order valence-electron chi connectivity index (χ2n) is 6.45. The second kappa shape index (κ2) is 7.30. The SMILES string of the molecule is Cc1ccc(-c2cn(CC3CCOCC3)cc(C(O)O)c2=O)cc1. The van der Waals surface area contributed by atoms with Gasteiger partial charge in [-0.2, -0.15) is 0 Å². The summed E-state index contributed by atoms with van der Waals surface area (Å²) in [5, 5.41) is 19.1. The third kappa shape index (κ3) is 3.75. The molecular formula is C19H23NO4. The molecule has 0 bridgehead atoms. The van der Waals surface area contributed by atoms with Crippen molar-refractivity contribution >= 4 is 0 Å². The molecule has 0 unspecified atom stereocenters. The Morgan fingerprint density at radius 2 is 1.83 bits per heavy atom. The van der Waals surface area contributed by atoms with Crippen molar-refractivity contribution in [2.75, 3.05) is 13.2 Å². The molecule has 128 valence electrons.